The van der Waals surface area contributed by atoms with Crippen molar-refractivity contribution in [3.8, 4) is 0 Å². The molecule has 0 aliphatic carbocycles. The van der Waals surface area contributed by atoms with Crippen molar-refractivity contribution >= 4 is 12.0 Å². The first-order valence-electron chi connectivity index (χ1n) is 7.37. The molecule has 2 unspecified atom stereocenters. The van der Waals surface area contributed by atoms with E-state index in [2.05, 4.69) is 10.6 Å². The van der Waals surface area contributed by atoms with Crippen LogP contribution in [-0.4, -0.2) is 54.7 Å². The van der Waals surface area contributed by atoms with E-state index in [0.717, 1.165) is 6.54 Å². The molecule has 6 nitrogen and oxygen atoms in total. The standard InChI is InChI=1S/C15H31N3O3/c1-10(2)11(9-18(6)7)16-14(21)17-12(8-13(19)20)15(3,4)5/h10-12H,8-9H2,1-7H3,(H,19,20)(H2,16,17,21). The molecule has 0 aliphatic rings. The van der Waals surface area contributed by atoms with E-state index in [1.54, 1.807) is 0 Å². The number of carboxylic acids is 1. The maximum Gasteiger partial charge on any atom is 0.315 e. The summed E-state index contributed by atoms with van der Waals surface area (Å²) in [5.41, 5.74) is -0.315. The highest BCUT2D eigenvalue weighted by Crippen LogP contribution is 2.21. The molecule has 0 rings (SSSR count). The van der Waals surface area contributed by atoms with Crippen LogP contribution >= 0.6 is 0 Å². The zero-order chi connectivity index (χ0) is 16.8. The van der Waals surface area contributed by atoms with Crippen LogP contribution < -0.4 is 10.6 Å². The van der Waals surface area contributed by atoms with Crippen molar-refractivity contribution in [2.45, 2.75) is 53.1 Å². The lowest BCUT2D eigenvalue weighted by Gasteiger charge is -2.32. The van der Waals surface area contributed by atoms with Crippen LogP contribution in [0.2, 0.25) is 0 Å². The van der Waals surface area contributed by atoms with E-state index in [4.69, 9.17) is 5.11 Å². The molecule has 6 heteroatoms. The van der Waals surface area contributed by atoms with Crippen LogP contribution in [0.4, 0.5) is 4.79 Å². The number of carbonyl (C=O) groups excluding carboxylic acids is 1. The molecule has 0 aliphatic heterocycles. The Hall–Kier alpha value is -1.30. The Balaban J connectivity index is 4.71. The molecule has 2 atom stereocenters. The largest absolute Gasteiger partial charge is 0.481 e. The van der Waals surface area contributed by atoms with Crippen LogP contribution in [0.1, 0.15) is 41.0 Å². The Morgan fingerprint density at radius 3 is 2.00 bits per heavy atom. The number of urea groups is 1. The van der Waals surface area contributed by atoms with Crippen molar-refractivity contribution in [3.63, 3.8) is 0 Å². The molecule has 0 spiro atoms. The third-order valence-corrected chi connectivity index (χ3v) is 3.41. The zero-order valence-electron chi connectivity index (χ0n) is 14.4. The summed E-state index contributed by atoms with van der Waals surface area (Å²) in [6, 6.07) is -0.704. The molecular weight excluding hydrogens is 270 g/mol. The molecule has 3 N–H and O–H groups in total. The van der Waals surface area contributed by atoms with Crippen molar-refractivity contribution in [1.29, 1.82) is 0 Å². The van der Waals surface area contributed by atoms with Crippen LogP contribution in [0.25, 0.3) is 0 Å². The normalized spacial score (nSPS) is 14.9. The van der Waals surface area contributed by atoms with Crippen molar-refractivity contribution in [2.75, 3.05) is 20.6 Å². The first-order valence-corrected chi connectivity index (χ1v) is 7.37. The molecule has 0 radical (unpaired) electrons. The van der Waals surface area contributed by atoms with Gasteiger partial charge in [0.15, 0.2) is 0 Å². The monoisotopic (exact) mass is 301 g/mol. The summed E-state index contributed by atoms with van der Waals surface area (Å²) in [7, 11) is 3.91. The van der Waals surface area contributed by atoms with Gasteiger partial charge >= 0.3 is 12.0 Å². The van der Waals surface area contributed by atoms with Crippen LogP contribution in [0, 0.1) is 11.3 Å². The summed E-state index contributed by atoms with van der Waals surface area (Å²) >= 11 is 0. The Morgan fingerprint density at radius 1 is 1.14 bits per heavy atom. The van der Waals surface area contributed by atoms with Gasteiger partial charge in [-0.15, -0.1) is 0 Å². The number of hydrogen-bond donors (Lipinski definition) is 3. The molecule has 0 fully saturated rings. The second-order valence-electron chi connectivity index (χ2n) is 7.25. The maximum absolute atomic E-state index is 12.1. The lowest BCUT2D eigenvalue weighted by molar-refractivity contribution is -0.138. The van der Waals surface area contributed by atoms with E-state index >= 15 is 0 Å². The van der Waals surface area contributed by atoms with E-state index in [1.807, 2.05) is 53.6 Å². The number of carboxylic acid groups (broad SMARTS) is 1. The van der Waals surface area contributed by atoms with E-state index < -0.39 is 12.0 Å². The summed E-state index contributed by atoms with van der Waals surface area (Å²) in [5, 5.41) is 14.7. The van der Waals surface area contributed by atoms with Crippen molar-refractivity contribution in [1.82, 2.24) is 15.5 Å². The van der Waals surface area contributed by atoms with Crippen LogP contribution in [0.3, 0.4) is 0 Å². The number of nitrogens with zero attached hydrogens (tertiary/aromatic N) is 1. The number of carbonyl (C=O) groups is 2. The lowest BCUT2D eigenvalue weighted by Crippen LogP contribution is -2.54. The number of hydrogen-bond acceptors (Lipinski definition) is 3. The first-order chi connectivity index (χ1) is 9.43. The third-order valence-electron chi connectivity index (χ3n) is 3.41. The summed E-state index contributed by atoms with van der Waals surface area (Å²) in [4.78, 5) is 25.1. The van der Waals surface area contributed by atoms with Gasteiger partial charge in [0.2, 0.25) is 0 Å². The Kier molecular flexibility index (Phi) is 7.71. The van der Waals surface area contributed by atoms with Gasteiger partial charge in [0.1, 0.15) is 0 Å². The number of aliphatic carboxylic acids is 1. The summed E-state index contributed by atoms with van der Waals surface area (Å²) in [5.74, 6) is -0.616. The molecule has 0 aromatic heterocycles. The Bertz CT molecular complexity index is 349. The van der Waals surface area contributed by atoms with Gasteiger partial charge in [-0.25, -0.2) is 4.79 Å². The van der Waals surface area contributed by atoms with E-state index in [0.29, 0.717) is 5.92 Å². The minimum atomic E-state index is -0.913. The predicted molar refractivity (Wildman–Crippen MR) is 84.3 cm³/mol. The summed E-state index contributed by atoms with van der Waals surface area (Å²) in [6.45, 7) is 10.6. The van der Waals surface area contributed by atoms with Gasteiger partial charge in [0.05, 0.1) is 6.42 Å². The quantitative estimate of drug-likeness (QED) is 0.669. The molecule has 2 amide bonds. The van der Waals surface area contributed by atoms with Crippen LogP contribution in [0.15, 0.2) is 0 Å². The van der Waals surface area contributed by atoms with Gasteiger partial charge < -0.3 is 20.6 Å². The molecule has 0 heterocycles. The maximum atomic E-state index is 12.1. The zero-order valence-corrected chi connectivity index (χ0v) is 14.4. The highest BCUT2D eigenvalue weighted by atomic mass is 16.4. The fraction of sp³-hybridized carbons (Fsp3) is 0.867. The highest BCUT2D eigenvalue weighted by molar-refractivity contribution is 5.76. The molecule has 0 aromatic carbocycles. The van der Waals surface area contributed by atoms with Crippen LogP contribution in [0.5, 0.6) is 0 Å². The molecule has 21 heavy (non-hydrogen) atoms. The van der Waals surface area contributed by atoms with E-state index in [-0.39, 0.29) is 23.9 Å². The van der Waals surface area contributed by atoms with Gasteiger partial charge in [-0.2, -0.15) is 0 Å². The minimum Gasteiger partial charge on any atom is -0.481 e. The summed E-state index contributed by atoms with van der Waals surface area (Å²) in [6.07, 6.45) is -0.0864. The molecule has 0 saturated heterocycles. The average Bonchev–Trinajstić information content (AvgIpc) is 2.24. The third kappa shape index (κ3) is 8.55. The number of amides is 2. The van der Waals surface area contributed by atoms with Gasteiger partial charge in [-0.3, -0.25) is 4.79 Å². The van der Waals surface area contributed by atoms with Crippen molar-refractivity contribution in [3.05, 3.63) is 0 Å². The van der Waals surface area contributed by atoms with Gasteiger partial charge in [0, 0.05) is 18.6 Å². The highest BCUT2D eigenvalue weighted by Gasteiger charge is 2.29. The predicted octanol–water partition coefficient (Wildman–Crippen LogP) is 1.76. The number of likely N-dealkylation sites (N-methyl/N-ethyl adjacent to an activating group) is 1. The molecule has 0 bridgehead atoms. The van der Waals surface area contributed by atoms with Crippen molar-refractivity contribution < 1.29 is 14.7 Å². The van der Waals surface area contributed by atoms with Crippen LogP contribution in [-0.2, 0) is 4.79 Å². The van der Waals surface area contributed by atoms with E-state index in [9.17, 15) is 9.59 Å². The topological polar surface area (TPSA) is 81.7 Å². The number of nitrogens with one attached hydrogen (secondary N) is 2. The second-order valence-corrected chi connectivity index (χ2v) is 7.25. The summed E-state index contributed by atoms with van der Waals surface area (Å²) < 4.78 is 0. The van der Waals surface area contributed by atoms with Gasteiger partial charge in [0.25, 0.3) is 0 Å². The fourth-order valence-corrected chi connectivity index (χ4v) is 1.93. The van der Waals surface area contributed by atoms with Gasteiger partial charge in [-0.1, -0.05) is 34.6 Å². The Morgan fingerprint density at radius 2 is 1.67 bits per heavy atom. The SMILES string of the molecule is CC(C)C(CN(C)C)NC(=O)NC(CC(=O)O)C(C)(C)C. The van der Waals surface area contributed by atoms with Crippen molar-refractivity contribution in [2.24, 2.45) is 11.3 Å². The Labute approximate surface area is 128 Å². The fourth-order valence-electron chi connectivity index (χ4n) is 1.93. The molecule has 0 aromatic rings. The average molecular weight is 301 g/mol. The van der Waals surface area contributed by atoms with E-state index in [1.165, 1.54) is 0 Å². The molecule has 0 saturated carbocycles. The second kappa shape index (κ2) is 8.22. The smallest absolute Gasteiger partial charge is 0.315 e. The minimum absolute atomic E-state index is 0.0189. The van der Waals surface area contributed by atoms with Gasteiger partial charge in [-0.05, 0) is 25.4 Å². The lowest BCUT2D eigenvalue weighted by atomic mass is 9.85. The first kappa shape index (κ1) is 19.7. The molecular formula is C15H31N3O3. The number of rotatable bonds is 7. The molecule has 124 valence electrons.